The lowest BCUT2D eigenvalue weighted by atomic mass is 10.4. The molecule has 0 aliphatic carbocycles. The van der Waals surface area contributed by atoms with Gasteiger partial charge in [0.25, 0.3) is 12.3 Å². The average Bonchev–Trinajstić information content (AvgIpc) is 2.36. The van der Waals surface area contributed by atoms with Gasteiger partial charge in [-0.3, -0.25) is 4.79 Å². The molecular formula is C11H13F2N3O2. The summed E-state index contributed by atoms with van der Waals surface area (Å²) in [7, 11) is 0. The fourth-order valence-electron chi connectivity index (χ4n) is 0.972. The smallest absolute Gasteiger partial charge is 0.275 e. The molecule has 0 fully saturated rings. The molecule has 0 unspecified atom stereocenters. The van der Waals surface area contributed by atoms with E-state index in [1.165, 1.54) is 6.20 Å². The highest BCUT2D eigenvalue weighted by Crippen LogP contribution is 2.06. The molecule has 1 rings (SSSR count). The number of allylic oxidation sites excluding steroid dienone is 2. The van der Waals surface area contributed by atoms with Crippen molar-refractivity contribution >= 4 is 5.91 Å². The zero-order chi connectivity index (χ0) is 13.5. The van der Waals surface area contributed by atoms with Gasteiger partial charge in [0.05, 0.1) is 12.4 Å². The second-order valence-electron chi connectivity index (χ2n) is 3.37. The number of nitrogens with one attached hydrogen (secondary N) is 1. The highest BCUT2D eigenvalue weighted by atomic mass is 19.3. The molecule has 0 aliphatic rings. The quantitative estimate of drug-likeness (QED) is 0.873. The Morgan fingerprint density at radius 3 is 2.72 bits per heavy atom. The topological polar surface area (TPSA) is 64.1 Å². The Morgan fingerprint density at radius 2 is 2.22 bits per heavy atom. The average molecular weight is 257 g/mol. The summed E-state index contributed by atoms with van der Waals surface area (Å²) in [4.78, 5) is 19.1. The van der Waals surface area contributed by atoms with Crippen LogP contribution in [-0.2, 0) is 0 Å². The third-order valence-corrected chi connectivity index (χ3v) is 1.96. The number of carbonyl (C=O) groups is 1. The fourth-order valence-corrected chi connectivity index (χ4v) is 0.972. The molecule has 0 saturated carbocycles. The summed E-state index contributed by atoms with van der Waals surface area (Å²) in [6.45, 7) is 2.76. The Bertz CT molecular complexity index is 432. The minimum atomic E-state index is -2.58. The van der Waals surface area contributed by atoms with Gasteiger partial charge in [0.2, 0.25) is 5.88 Å². The minimum absolute atomic E-state index is 0.0467. The van der Waals surface area contributed by atoms with Crippen LogP contribution < -0.4 is 10.1 Å². The lowest BCUT2D eigenvalue weighted by molar-refractivity contribution is 0.0792. The van der Waals surface area contributed by atoms with Gasteiger partial charge in [-0.25, -0.2) is 18.7 Å². The Hall–Kier alpha value is -2.05. The second-order valence-corrected chi connectivity index (χ2v) is 3.37. The zero-order valence-electron chi connectivity index (χ0n) is 9.98. The van der Waals surface area contributed by atoms with Crippen molar-refractivity contribution < 1.29 is 18.3 Å². The number of nitrogens with zero attached hydrogens (tertiary/aromatic N) is 2. The first-order valence-corrected chi connectivity index (χ1v) is 5.20. The Morgan fingerprint density at radius 1 is 1.50 bits per heavy atom. The van der Waals surface area contributed by atoms with Crippen molar-refractivity contribution in [2.24, 2.45) is 0 Å². The molecule has 1 N–H and O–H groups in total. The van der Waals surface area contributed by atoms with Gasteiger partial charge in [0, 0.05) is 5.70 Å². The van der Waals surface area contributed by atoms with Crippen LogP contribution in [0.3, 0.4) is 0 Å². The summed E-state index contributed by atoms with van der Waals surface area (Å²) in [5.41, 5.74) is 0.764. The third kappa shape index (κ3) is 4.44. The van der Waals surface area contributed by atoms with E-state index in [0.717, 1.165) is 6.20 Å². The summed E-state index contributed by atoms with van der Waals surface area (Å²) < 4.78 is 28.4. The lowest BCUT2D eigenvalue weighted by Gasteiger charge is -2.05. The predicted molar refractivity (Wildman–Crippen MR) is 60.4 cm³/mol. The van der Waals surface area contributed by atoms with E-state index in [2.05, 4.69) is 20.0 Å². The first kappa shape index (κ1) is 14.0. The second kappa shape index (κ2) is 6.63. The first-order valence-electron chi connectivity index (χ1n) is 5.20. The minimum Gasteiger partial charge on any atom is -0.470 e. The number of carbonyl (C=O) groups excluding carboxylic acids is 1. The summed E-state index contributed by atoms with van der Waals surface area (Å²) in [6, 6.07) is 0. The first-order chi connectivity index (χ1) is 8.52. The van der Waals surface area contributed by atoms with E-state index in [1.54, 1.807) is 19.9 Å². The van der Waals surface area contributed by atoms with Crippen LogP contribution in [0.25, 0.3) is 0 Å². The van der Waals surface area contributed by atoms with Crippen LogP contribution in [0.1, 0.15) is 24.3 Å². The standard InChI is InChI=1S/C11H13F2N3O2/c1-3-7(2)16-11(17)8-4-15-10(5-14-8)18-6-9(12)13/h3-5,9H,6H2,1-2H3,(H,16,17)/b7-3+. The number of hydrogen-bond acceptors (Lipinski definition) is 4. The molecule has 0 atom stereocenters. The van der Waals surface area contributed by atoms with Crippen LogP contribution in [0.4, 0.5) is 8.78 Å². The molecule has 1 aromatic rings. The van der Waals surface area contributed by atoms with Crippen molar-refractivity contribution in [3.05, 3.63) is 29.9 Å². The SMILES string of the molecule is C/C=C(\C)NC(=O)c1cnc(OCC(F)F)cn1. The van der Waals surface area contributed by atoms with Gasteiger partial charge in [-0.05, 0) is 13.8 Å². The van der Waals surface area contributed by atoms with Gasteiger partial charge in [-0.2, -0.15) is 0 Å². The highest BCUT2D eigenvalue weighted by Gasteiger charge is 2.09. The van der Waals surface area contributed by atoms with Crippen molar-refractivity contribution in [3.8, 4) is 5.88 Å². The van der Waals surface area contributed by atoms with E-state index in [0.29, 0.717) is 5.70 Å². The van der Waals surface area contributed by atoms with Gasteiger partial charge in [0.15, 0.2) is 6.61 Å². The molecule has 1 heterocycles. The van der Waals surface area contributed by atoms with E-state index >= 15 is 0 Å². The van der Waals surface area contributed by atoms with Crippen molar-refractivity contribution in [2.45, 2.75) is 20.3 Å². The maximum absolute atomic E-state index is 11.9. The van der Waals surface area contributed by atoms with Crippen LogP contribution in [0.15, 0.2) is 24.2 Å². The lowest BCUT2D eigenvalue weighted by Crippen LogP contribution is -2.22. The number of ether oxygens (including phenoxy) is 1. The summed E-state index contributed by atoms with van der Waals surface area (Å²) in [5, 5.41) is 2.57. The maximum Gasteiger partial charge on any atom is 0.275 e. The van der Waals surface area contributed by atoms with Gasteiger partial charge < -0.3 is 10.1 Å². The molecule has 0 radical (unpaired) electrons. The van der Waals surface area contributed by atoms with E-state index < -0.39 is 18.9 Å². The van der Waals surface area contributed by atoms with Gasteiger partial charge in [0.1, 0.15) is 5.69 Å². The van der Waals surface area contributed by atoms with Crippen molar-refractivity contribution in [1.82, 2.24) is 15.3 Å². The number of alkyl halides is 2. The monoisotopic (exact) mass is 257 g/mol. The van der Waals surface area contributed by atoms with Crippen molar-refractivity contribution in [1.29, 1.82) is 0 Å². The molecule has 5 nitrogen and oxygen atoms in total. The molecule has 0 spiro atoms. The van der Waals surface area contributed by atoms with E-state index in [9.17, 15) is 13.6 Å². The molecular weight excluding hydrogens is 244 g/mol. The van der Waals surface area contributed by atoms with Gasteiger partial charge in [-0.15, -0.1) is 0 Å². The van der Waals surface area contributed by atoms with Crippen LogP contribution >= 0.6 is 0 Å². The fraction of sp³-hybridized carbons (Fsp3) is 0.364. The number of aromatic nitrogens is 2. The number of hydrogen-bond donors (Lipinski definition) is 1. The molecule has 7 heteroatoms. The molecule has 0 saturated heterocycles. The molecule has 0 aromatic carbocycles. The highest BCUT2D eigenvalue weighted by molar-refractivity contribution is 5.93. The molecule has 1 amide bonds. The number of amides is 1. The molecule has 0 aliphatic heterocycles. The summed E-state index contributed by atoms with van der Waals surface area (Å²) >= 11 is 0. The Labute approximate surface area is 103 Å². The molecule has 1 aromatic heterocycles. The molecule has 0 bridgehead atoms. The maximum atomic E-state index is 11.9. The van der Waals surface area contributed by atoms with E-state index in [1.807, 2.05) is 0 Å². The third-order valence-electron chi connectivity index (χ3n) is 1.96. The van der Waals surface area contributed by atoms with Gasteiger partial charge >= 0.3 is 0 Å². The van der Waals surface area contributed by atoms with E-state index in [4.69, 9.17) is 0 Å². The number of halogens is 2. The van der Waals surface area contributed by atoms with Crippen LogP contribution in [0.5, 0.6) is 5.88 Å². The van der Waals surface area contributed by atoms with E-state index in [-0.39, 0.29) is 11.6 Å². The van der Waals surface area contributed by atoms with Gasteiger partial charge in [-0.1, -0.05) is 6.08 Å². The largest absolute Gasteiger partial charge is 0.470 e. The normalized spacial score (nSPS) is 11.5. The molecule has 18 heavy (non-hydrogen) atoms. The van der Waals surface area contributed by atoms with Crippen LogP contribution in [0.2, 0.25) is 0 Å². The molecule has 98 valence electrons. The number of rotatable bonds is 5. The Balaban J connectivity index is 2.62. The summed E-state index contributed by atoms with van der Waals surface area (Å²) in [6.07, 6.45) is 1.44. The summed E-state index contributed by atoms with van der Waals surface area (Å²) in [5.74, 6) is -0.465. The van der Waals surface area contributed by atoms with Crippen molar-refractivity contribution in [3.63, 3.8) is 0 Å². The van der Waals surface area contributed by atoms with Crippen molar-refractivity contribution in [2.75, 3.05) is 6.61 Å². The Kier molecular flexibility index (Phi) is 5.16. The van der Waals surface area contributed by atoms with Crippen LogP contribution in [-0.4, -0.2) is 28.9 Å². The van der Waals surface area contributed by atoms with Crippen LogP contribution in [0, 0.1) is 0 Å². The predicted octanol–water partition coefficient (Wildman–Crippen LogP) is 1.77. The zero-order valence-corrected chi connectivity index (χ0v) is 9.98.